The topological polar surface area (TPSA) is 385 Å². The fourth-order valence-corrected chi connectivity index (χ4v) is 16.3. The molecule has 31 heteroatoms. The SMILES string of the molecule is CCCC(=O)N[C@@H](C)C(=O)NC[C@H]1c2c(c(OC(C)=O)c(C)c3c2OCO3)CC2[C@H]3c4c(cc(C)c(OC)c4O)C[C@@H]([C@H](C#N)N21)N3C.CCCC(=O)N[C@@H](C)C(=O)NC[C@H]1c2c(c(OC(C)=O)c(C)c3c2OCO3)CC2[C@H]3c4c(cc(C)c(OC)c4O)C[C@@H]([C@H](O)N21)N3C.O=[N+]([O-])O.[Ag]. The maximum Gasteiger partial charge on any atom is 0.308 e. The predicted molar refractivity (Wildman–Crippen MR) is 351 cm³/mol. The Labute approximate surface area is 594 Å². The summed E-state index contributed by atoms with van der Waals surface area (Å²) in [4.78, 5) is 92.9. The Morgan fingerprint density at radius 1 is 0.640 bits per heavy atom. The van der Waals surface area contributed by atoms with E-state index in [-0.39, 0.29) is 102 Å². The number of benzene rings is 4. The molecule has 8 aliphatic rings. The summed E-state index contributed by atoms with van der Waals surface area (Å²) in [7, 11) is 6.96. The Kier molecular flexibility index (Phi) is 23.2. The van der Waals surface area contributed by atoms with E-state index >= 15 is 0 Å². The number of ether oxygens (including phenoxy) is 8. The van der Waals surface area contributed by atoms with E-state index in [1.54, 1.807) is 13.8 Å². The number of methoxy groups -OCH3 is 2. The molecule has 0 saturated carbocycles. The van der Waals surface area contributed by atoms with Gasteiger partial charge in [0.25, 0.3) is 5.09 Å². The molecular weight excluding hydrogens is 1400 g/mol. The molecule has 100 heavy (non-hydrogen) atoms. The molecule has 545 valence electrons. The second-order valence-electron chi connectivity index (χ2n) is 26.3. The van der Waals surface area contributed by atoms with E-state index < -0.39 is 71.6 Å². The molecule has 8 N–H and O–H groups in total. The summed E-state index contributed by atoms with van der Waals surface area (Å²) in [5.41, 5.74) is 8.92. The molecule has 4 bridgehead atoms. The van der Waals surface area contributed by atoms with Crippen molar-refractivity contribution in [1.82, 2.24) is 40.9 Å². The van der Waals surface area contributed by atoms with Crippen molar-refractivity contribution in [3.05, 3.63) is 89.0 Å². The van der Waals surface area contributed by atoms with Crippen LogP contribution in [0.2, 0.25) is 0 Å². The van der Waals surface area contributed by atoms with Crippen molar-refractivity contribution in [1.29, 1.82) is 5.26 Å². The number of piperazine rings is 2. The molecule has 2 unspecified atom stereocenters. The number of nitriles is 1. The van der Waals surface area contributed by atoms with Crippen molar-refractivity contribution in [2.75, 3.05) is 55.0 Å². The van der Waals surface area contributed by atoms with Gasteiger partial charge in [0.1, 0.15) is 35.9 Å². The quantitative estimate of drug-likeness (QED) is 0.0245. The molecule has 8 heterocycles. The number of amides is 4. The first-order chi connectivity index (χ1) is 47.0. The fraction of sp³-hybridized carbons (Fsp3) is 0.551. The third-order valence-corrected chi connectivity index (χ3v) is 20.3. The first kappa shape index (κ1) is 75.5. The van der Waals surface area contributed by atoms with Crippen LogP contribution in [-0.2, 0) is 76.8 Å². The van der Waals surface area contributed by atoms with Crippen molar-refractivity contribution in [2.45, 2.75) is 193 Å². The van der Waals surface area contributed by atoms with Gasteiger partial charge in [0, 0.05) is 125 Å². The van der Waals surface area contributed by atoms with E-state index in [0.29, 0.717) is 131 Å². The van der Waals surface area contributed by atoms with Crippen LogP contribution in [0.25, 0.3) is 0 Å². The zero-order valence-electron chi connectivity index (χ0n) is 58.4. The molecule has 8 aliphatic heterocycles. The van der Waals surface area contributed by atoms with Crippen molar-refractivity contribution < 1.29 is 115 Å². The van der Waals surface area contributed by atoms with Gasteiger partial charge in [-0.25, -0.2) is 0 Å². The number of carbonyl (C=O) groups is 6. The maximum absolute atomic E-state index is 13.4. The molecule has 2 saturated heterocycles. The summed E-state index contributed by atoms with van der Waals surface area (Å²) in [6.07, 6.45) is 2.62. The number of aliphatic hydroxyl groups excluding tert-OH is 1. The number of rotatable bonds is 16. The normalized spacial score (nSPS) is 23.6. The average molecular weight is 1490 g/mol. The average Bonchev–Trinajstić information content (AvgIpc) is 0.910. The van der Waals surface area contributed by atoms with E-state index in [4.69, 9.17) is 53.2 Å². The Balaban J connectivity index is 0.000000219. The summed E-state index contributed by atoms with van der Waals surface area (Å²) in [5, 5.41) is 71.5. The van der Waals surface area contributed by atoms with Crippen molar-refractivity contribution >= 4 is 35.6 Å². The summed E-state index contributed by atoms with van der Waals surface area (Å²) < 4.78 is 46.9. The Morgan fingerprint density at radius 2 is 1.02 bits per heavy atom. The first-order valence-electron chi connectivity index (χ1n) is 33.1. The summed E-state index contributed by atoms with van der Waals surface area (Å²) in [6.45, 7) is 17.1. The van der Waals surface area contributed by atoms with Crippen LogP contribution < -0.4 is 59.2 Å². The number of phenolic OH excluding ortho intramolecular Hbond substituents is 2. The molecule has 12 rings (SSSR count). The maximum atomic E-state index is 13.4. The minimum absolute atomic E-state index is 0. The Morgan fingerprint density at radius 3 is 1.41 bits per heavy atom. The Hall–Kier alpha value is -8.67. The van der Waals surface area contributed by atoms with E-state index in [1.807, 2.05) is 72.7 Å². The van der Waals surface area contributed by atoms with Gasteiger partial charge in [-0.2, -0.15) is 5.26 Å². The number of aromatic hydroxyl groups is 2. The number of nitrogens with one attached hydrogen (secondary N) is 4. The van der Waals surface area contributed by atoms with Gasteiger partial charge in [-0.15, -0.1) is 10.1 Å². The van der Waals surface area contributed by atoms with Crippen LogP contribution in [0.3, 0.4) is 0 Å². The number of carbonyl (C=O) groups excluding carboxylic acids is 6. The first-order valence-corrected chi connectivity index (χ1v) is 33.1. The molecule has 4 aromatic carbocycles. The third-order valence-electron chi connectivity index (χ3n) is 20.3. The molecule has 0 aromatic heterocycles. The monoisotopic (exact) mass is 1480 g/mol. The van der Waals surface area contributed by atoms with Gasteiger partial charge in [-0.1, -0.05) is 26.0 Å². The zero-order valence-corrected chi connectivity index (χ0v) is 59.9. The summed E-state index contributed by atoms with van der Waals surface area (Å²) in [5.74, 6) is 1.30. The third kappa shape index (κ3) is 13.7. The zero-order chi connectivity index (χ0) is 72.1. The number of hydrogen-bond acceptors (Lipinski definition) is 24. The predicted octanol–water partition coefficient (Wildman–Crippen LogP) is 4.80. The number of esters is 2. The van der Waals surface area contributed by atoms with Crippen LogP contribution in [-0.4, -0.2) is 184 Å². The minimum atomic E-state index is -1.50. The standard InChI is InChI=1S/C35H43N5O8.C34H44N4O9.Ag.HNO3/c1-8-9-26(42)38-18(4)35(44)37-14-25-28-21(32(48-19(5)41)17(3)33-34(28)47-15-46-33)12-23-29-27-20(10-16(2)31(45-7)30(27)43)11-22(39(29)6)24(13-36)40(23)25;1-8-9-24(40)36-17(4)33(42)35-13-23-26-20(30(47-18(5)39)16(3)31-32(26)46-14-45-31)12-21-27-25-19(10-15(2)29(44-7)28(25)41)11-22(37(27)6)34(43)38(21)23;;2-1(3)4/h10,18,22-25,29,43H,8-9,11-12,14-15H2,1-7H3,(H,37,44)(H,38,42);10,17,21-23,27,34,41,43H,8-9,11-14H2,1-7H3,(H,35,42)(H,36,40);;(H,2,3,4)/t18-,22-,23?,24-,25-,29-;17-,21?,22-,23-,27-,34-;;/m00../s1. The van der Waals surface area contributed by atoms with Gasteiger partial charge in [0.05, 0.1) is 50.5 Å². The van der Waals surface area contributed by atoms with E-state index in [2.05, 4.69) is 42.0 Å². The van der Waals surface area contributed by atoms with Gasteiger partial charge in [0.15, 0.2) is 46.0 Å². The van der Waals surface area contributed by atoms with Gasteiger partial charge < -0.3 is 79.7 Å². The minimum Gasteiger partial charge on any atom is -0.504 e. The van der Waals surface area contributed by atoms with E-state index in [0.717, 1.165) is 33.4 Å². The van der Waals surface area contributed by atoms with E-state index in [9.17, 15) is 49.3 Å². The molecule has 12 atom stereocenters. The van der Waals surface area contributed by atoms with Gasteiger partial charge in [0.2, 0.25) is 37.2 Å². The molecule has 4 amide bonds. The van der Waals surface area contributed by atoms with Crippen LogP contribution in [0, 0.1) is 49.1 Å². The molecule has 4 aromatic rings. The summed E-state index contributed by atoms with van der Waals surface area (Å²) in [6, 6.07) is 0.946. The number of hydrogen-bond donors (Lipinski definition) is 8. The van der Waals surface area contributed by atoms with Crippen molar-refractivity contribution in [3.63, 3.8) is 0 Å². The molecule has 0 aliphatic carbocycles. The number of fused-ring (bicyclic) bond motifs is 18. The van der Waals surface area contributed by atoms with Gasteiger partial charge in [-0.05, 0) is 116 Å². The number of aliphatic hydroxyl groups is 1. The molecular formula is C69H88AgN10O20. The fourth-order valence-electron chi connectivity index (χ4n) is 16.3. The van der Waals surface area contributed by atoms with Gasteiger partial charge >= 0.3 is 11.9 Å². The Bertz CT molecular complexity index is 3960. The van der Waals surface area contributed by atoms with Crippen LogP contribution in [0.15, 0.2) is 12.1 Å². The van der Waals surface area contributed by atoms with E-state index in [1.165, 1.54) is 28.1 Å². The smallest absolute Gasteiger partial charge is 0.308 e. The molecule has 1 radical (unpaired) electrons. The number of phenols is 2. The molecule has 2 fully saturated rings. The van der Waals surface area contributed by atoms with Gasteiger partial charge in [-0.3, -0.25) is 48.4 Å². The second-order valence-corrected chi connectivity index (χ2v) is 26.3. The molecule has 0 spiro atoms. The van der Waals surface area contributed by atoms with Crippen molar-refractivity contribution in [2.24, 2.45) is 0 Å². The van der Waals surface area contributed by atoms with Crippen LogP contribution in [0.5, 0.6) is 57.5 Å². The number of aryl methyl sites for hydroxylation is 2. The summed E-state index contributed by atoms with van der Waals surface area (Å²) >= 11 is 0. The number of likely N-dealkylation sites (N-methyl/N-ethyl adjacent to an activating group) is 2. The number of nitrogens with zero attached hydrogens (tertiary/aromatic N) is 6. The van der Waals surface area contributed by atoms with Crippen LogP contribution in [0.4, 0.5) is 0 Å². The van der Waals surface area contributed by atoms with Crippen LogP contribution in [0.1, 0.15) is 158 Å². The van der Waals surface area contributed by atoms with Crippen molar-refractivity contribution in [3.8, 4) is 63.6 Å². The second kappa shape index (κ2) is 30.7. The molecule has 30 nitrogen and oxygen atoms in total. The van der Waals surface area contributed by atoms with Crippen LogP contribution >= 0.6 is 0 Å². The largest absolute Gasteiger partial charge is 0.504 e.